The molecule has 3 aromatic rings. The van der Waals surface area contributed by atoms with Gasteiger partial charge < -0.3 is 9.47 Å². The van der Waals surface area contributed by atoms with Gasteiger partial charge in [0.15, 0.2) is 0 Å². The first-order chi connectivity index (χ1) is 16.1. The Labute approximate surface area is 202 Å². The van der Waals surface area contributed by atoms with Crippen molar-refractivity contribution in [1.29, 1.82) is 0 Å². The van der Waals surface area contributed by atoms with Crippen LogP contribution in [-0.4, -0.2) is 38.3 Å². The molecule has 4 rings (SSSR count). The Balaban J connectivity index is 1.56. The van der Waals surface area contributed by atoms with E-state index in [4.69, 9.17) is 21.1 Å². The van der Waals surface area contributed by atoms with E-state index in [1.807, 2.05) is 24.3 Å². The fourth-order valence-corrected chi connectivity index (χ4v) is 4.52. The zero-order valence-electron chi connectivity index (χ0n) is 19.5. The molecule has 0 unspecified atom stereocenters. The van der Waals surface area contributed by atoms with Gasteiger partial charge in [0.1, 0.15) is 18.1 Å². The third kappa shape index (κ3) is 6.19. The van der Waals surface area contributed by atoms with Gasteiger partial charge in [0, 0.05) is 11.6 Å². The van der Waals surface area contributed by atoms with E-state index in [2.05, 4.69) is 60.4 Å². The normalized spacial score (nSPS) is 15.1. The standard InChI is InChI=1S/C29H32ClNO2/c1-22(23-8-14-27(32-2)15-9-23)29(24-6-12-26(30)13-7-24)25-10-16-28(17-11-25)33-21-20-31-18-4-3-5-19-31/h6-17H,3-5,18-21H2,1-2H3/b29-22+. The number of hydrogen-bond donors (Lipinski definition) is 0. The summed E-state index contributed by atoms with van der Waals surface area (Å²) in [5, 5.41) is 0.734. The second-order valence-electron chi connectivity index (χ2n) is 8.51. The second kappa shape index (κ2) is 11.4. The number of rotatable bonds is 8. The summed E-state index contributed by atoms with van der Waals surface area (Å²) in [4.78, 5) is 2.50. The molecule has 1 fully saturated rings. The fourth-order valence-electron chi connectivity index (χ4n) is 4.40. The third-order valence-corrected chi connectivity index (χ3v) is 6.55. The molecule has 0 aliphatic carbocycles. The number of ether oxygens (including phenoxy) is 2. The van der Waals surface area contributed by atoms with Crippen LogP contribution in [0.2, 0.25) is 5.02 Å². The molecule has 0 bridgehead atoms. The summed E-state index contributed by atoms with van der Waals surface area (Å²) in [6.45, 7) is 6.28. The molecule has 1 aliphatic heterocycles. The molecule has 0 atom stereocenters. The van der Waals surface area contributed by atoms with Gasteiger partial charge in [0.05, 0.1) is 7.11 Å². The number of piperidine rings is 1. The summed E-state index contributed by atoms with van der Waals surface area (Å²) in [6, 6.07) is 24.7. The molecule has 0 aromatic heterocycles. The largest absolute Gasteiger partial charge is 0.497 e. The van der Waals surface area contributed by atoms with Crippen LogP contribution in [0, 0.1) is 0 Å². The predicted molar refractivity (Wildman–Crippen MR) is 138 cm³/mol. The van der Waals surface area contributed by atoms with Gasteiger partial charge in [-0.2, -0.15) is 0 Å². The molecule has 33 heavy (non-hydrogen) atoms. The minimum absolute atomic E-state index is 0.726. The summed E-state index contributed by atoms with van der Waals surface area (Å²) in [6.07, 6.45) is 3.97. The van der Waals surface area contributed by atoms with Crippen LogP contribution in [0.3, 0.4) is 0 Å². The van der Waals surface area contributed by atoms with E-state index < -0.39 is 0 Å². The molecule has 3 nitrogen and oxygen atoms in total. The van der Waals surface area contributed by atoms with Crippen molar-refractivity contribution in [3.63, 3.8) is 0 Å². The topological polar surface area (TPSA) is 21.7 Å². The molecular weight excluding hydrogens is 430 g/mol. The average Bonchev–Trinajstić information content (AvgIpc) is 2.87. The Morgan fingerprint density at radius 2 is 1.30 bits per heavy atom. The van der Waals surface area contributed by atoms with E-state index in [9.17, 15) is 0 Å². The van der Waals surface area contributed by atoms with Crippen molar-refractivity contribution in [2.24, 2.45) is 0 Å². The zero-order valence-corrected chi connectivity index (χ0v) is 20.3. The first-order valence-corrected chi connectivity index (χ1v) is 12.1. The molecule has 0 radical (unpaired) electrons. The Kier molecular flexibility index (Phi) is 8.09. The van der Waals surface area contributed by atoms with E-state index in [0.717, 1.165) is 46.4 Å². The monoisotopic (exact) mass is 461 g/mol. The van der Waals surface area contributed by atoms with Crippen LogP contribution < -0.4 is 9.47 Å². The van der Waals surface area contributed by atoms with E-state index in [0.29, 0.717) is 0 Å². The maximum absolute atomic E-state index is 6.17. The number of methoxy groups -OCH3 is 1. The highest BCUT2D eigenvalue weighted by molar-refractivity contribution is 6.30. The number of nitrogens with zero attached hydrogens (tertiary/aromatic N) is 1. The Morgan fingerprint density at radius 3 is 1.91 bits per heavy atom. The van der Waals surface area contributed by atoms with Crippen molar-refractivity contribution in [3.8, 4) is 11.5 Å². The minimum Gasteiger partial charge on any atom is -0.497 e. The zero-order chi connectivity index (χ0) is 23.0. The molecule has 0 amide bonds. The summed E-state index contributed by atoms with van der Waals surface area (Å²) < 4.78 is 11.4. The van der Waals surface area contributed by atoms with Gasteiger partial charge in [-0.1, -0.05) is 54.4 Å². The maximum Gasteiger partial charge on any atom is 0.119 e. The lowest BCUT2D eigenvalue weighted by Crippen LogP contribution is -2.33. The van der Waals surface area contributed by atoms with Crippen molar-refractivity contribution in [1.82, 2.24) is 4.90 Å². The molecular formula is C29H32ClNO2. The van der Waals surface area contributed by atoms with Crippen molar-refractivity contribution < 1.29 is 9.47 Å². The van der Waals surface area contributed by atoms with Gasteiger partial charge in [-0.25, -0.2) is 0 Å². The predicted octanol–water partition coefficient (Wildman–Crippen LogP) is 7.19. The van der Waals surface area contributed by atoms with Crippen LogP contribution in [0.25, 0.3) is 11.1 Å². The van der Waals surface area contributed by atoms with Crippen molar-refractivity contribution in [3.05, 3.63) is 94.5 Å². The van der Waals surface area contributed by atoms with Crippen LogP contribution in [-0.2, 0) is 0 Å². The number of benzene rings is 3. The van der Waals surface area contributed by atoms with Gasteiger partial charge >= 0.3 is 0 Å². The highest BCUT2D eigenvalue weighted by atomic mass is 35.5. The number of allylic oxidation sites excluding steroid dienone is 1. The summed E-state index contributed by atoms with van der Waals surface area (Å²) in [5.41, 5.74) is 5.80. The second-order valence-corrected chi connectivity index (χ2v) is 8.95. The van der Waals surface area contributed by atoms with Crippen LogP contribution >= 0.6 is 11.6 Å². The molecule has 0 saturated carbocycles. The lowest BCUT2D eigenvalue weighted by atomic mass is 9.90. The molecule has 0 spiro atoms. The Morgan fingerprint density at radius 1 is 0.758 bits per heavy atom. The average molecular weight is 462 g/mol. The smallest absolute Gasteiger partial charge is 0.119 e. The van der Waals surface area contributed by atoms with Crippen molar-refractivity contribution >= 4 is 22.7 Å². The molecule has 1 heterocycles. The first kappa shape index (κ1) is 23.4. The van der Waals surface area contributed by atoms with Crippen LogP contribution in [0.15, 0.2) is 72.8 Å². The Bertz CT molecular complexity index is 1050. The molecule has 1 aliphatic rings. The number of halogens is 1. The van der Waals surface area contributed by atoms with Crippen molar-refractivity contribution in [2.45, 2.75) is 26.2 Å². The van der Waals surface area contributed by atoms with Gasteiger partial charge in [-0.3, -0.25) is 4.90 Å². The number of likely N-dealkylation sites (tertiary alicyclic amines) is 1. The Hall–Kier alpha value is -2.75. The van der Waals surface area contributed by atoms with Gasteiger partial charge in [-0.15, -0.1) is 0 Å². The van der Waals surface area contributed by atoms with E-state index in [-0.39, 0.29) is 0 Å². The lowest BCUT2D eigenvalue weighted by Gasteiger charge is -2.26. The highest BCUT2D eigenvalue weighted by Crippen LogP contribution is 2.34. The number of hydrogen-bond acceptors (Lipinski definition) is 3. The first-order valence-electron chi connectivity index (χ1n) is 11.7. The quantitative estimate of drug-likeness (QED) is 0.331. The molecule has 1 saturated heterocycles. The fraction of sp³-hybridized carbons (Fsp3) is 0.310. The summed E-state index contributed by atoms with van der Waals surface area (Å²) in [5.74, 6) is 1.76. The molecule has 172 valence electrons. The van der Waals surface area contributed by atoms with Crippen LogP contribution in [0.4, 0.5) is 0 Å². The summed E-state index contributed by atoms with van der Waals surface area (Å²) >= 11 is 6.17. The van der Waals surface area contributed by atoms with Gasteiger partial charge in [0.2, 0.25) is 0 Å². The SMILES string of the molecule is COc1ccc(/C(C)=C(\c2ccc(Cl)cc2)c2ccc(OCCN3CCCCC3)cc2)cc1. The summed E-state index contributed by atoms with van der Waals surface area (Å²) in [7, 11) is 1.69. The molecule has 3 aromatic carbocycles. The van der Waals surface area contributed by atoms with Crippen molar-refractivity contribution in [2.75, 3.05) is 33.4 Å². The minimum atomic E-state index is 0.726. The molecule has 4 heteroatoms. The van der Waals surface area contributed by atoms with Crippen LogP contribution in [0.1, 0.15) is 42.9 Å². The van der Waals surface area contributed by atoms with Gasteiger partial charge in [-0.05, 0) is 97.1 Å². The van der Waals surface area contributed by atoms with E-state index in [1.165, 1.54) is 43.5 Å². The maximum atomic E-state index is 6.17. The van der Waals surface area contributed by atoms with Crippen LogP contribution in [0.5, 0.6) is 11.5 Å². The third-order valence-electron chi connectivity index (χ3n) is 6.30. The van der Waals surface area contributed by atoms with Gasteiger partial charge in [0.25, 0.3) is 0 Å². The lowest BCUT2D eigenvalue weighted by molar-refractivity contribution is 0.183. The van der Waals surface area contributed by atoms with E-state index >= 15 is 0 Å². The molecule has 0 N–H and O–H groups in total. The highest BCUT2D eigenvalue weighted by Gasteiger charge is 2.13. The van der Waals surface area contributed by atoms with E-state index in [1.54, 1.807) is 7.11 Å².